The zero-order valence-corrected chi connectivity index (χ0v) is 10.4. The van der Waals surface area contributed by atoms with Gasteiger partial charge in [-0.05, 0) is 33.2 Å². The third-order valence-corrected chi connectivity index (χ3v) is 2.60. The van der Waals surface area contributed by atoms with Gasteiger partial charge in [-0.25, -0.2) is 0 Å². The summed E-state index contributed by atoms with van der Waals surface area (Å²) >= 11 is 0. The number of hydrogen-bond acceptors (Lipinski definition) is 1. The summed E-state index contributed by atoms with van der Waals surface area (Å²) in [6.07, 6.45) is 8.27. The number of nitrogens with one attached hydrogen (secondary N) is 1. The predicted molar refractivity (Wildman–Crippen MR) is 70.0 cm³/mol. The first-order valence-corrected chi connectivity index (χ1v) is 5.83. The smallest absolute Gasteiger partial charge is 0.0110 e. The lowest BCUT2D eigenvalue weighted by molar-refractivity contribution is 0.428. The molecule has 0 fully saturated rings. The first kappa shape index (κ1) is 14.2. The summed E-state index contributed by atoms with van der Waals surface area (Å²) in [4.78, 5) is 0. The third-order valence-electron chi connectivity index (χ3n) is 2.60. The van der Waals surface area contributed by atoms with Crippen molar-refractivity contribution in [3.8, 4) is 0 Å². The van der Waals surface area contributed by atoms with E-state index in [4.69, 9.17) is 0 Å². The van der Waals surface area contributed by atoms with Crippen molar-refractivity contribution in [3.05, 3.63) is 37.0 Å². The molecule has 0 radical (unpaired) electrons. The molecule has 0 aliphatic heterocycles. The van der Waals surface area contributed by atoms with Gasteiger partial charge in [0.15, 0.2) is 0 Å². The fourth-order valence-electron chi connectivity index (χ4n) is 1.71. The van der Waals surface area contributed by atoms with E-state index in [0.717, 1.165) is 13.0 Å². The normalized spacial score (nSPS) is 15.1. The Morgan fingerprint density at radius 2 is 2.13 bits per heavy atom. The Morgan fingerprint density at radius 3 is 2.60 bits per heavy atom. The van der Waals surface area contributed by atoms with Crippen LogP contribution in [0.4, 0.5) is 0 Å². The van der Waals surface area contributed by atoms with Crippen LogP contribution in [0, 0.1) is 5.92 Å². The van der Waals surface area contributed by atoms with Crippen molar-refractivity contribution >= 4 is 0 Å². The van der Waals surface area contributed by atoms with E-state index < -0.39 is 0 Å². The summed E-state index contributed by atoms with van der Waals surface area (Å²) in [6, 6.07) is 0.464. The first-order chi connectivity index (χ1) is 7.17. The second-order valence-electron chi connectivity index (χ2n) is 3.95. The Balaban J connectivity index is 4.35. The molecule has 2 atom stereocenters. The average molecular weight is 207 g/mol. The van der Waals surface area contributed by atoms with Gasteiger partial charge in [-0.1, -0.05) is 37.3 Å². The Hall–Kier alpha value is -0.820. The molecule has 1 N–H and O–H groups in total. The fourth-order valence-corrected chi connectivity index (χ4v) is 1.71. The molecular formula is C14H25N. The van der Waals surface area contributed by atoms with Crippen LogP contribution >= 0.6 is 0 Å². The van der Waals surface area contributed by atoms with Crippen molar-refractivity contribution in [1.82, 2.24) is 5.32 Å². The molecule has 0 bridgehead atoms. The summed E-state index contributed by atoms with van der Waals surface area (Å²) < 4.78 is 0. The van der Waals surface area contributed by atoms with E-state index >= 15 is 0 Å². The Morgan fingerprint density at radius 1 is 1.47 bits per heavy atom. The van der Waals surface area contributed by atoms with E-state index in [9.17, 15) is 0 Å². The largest absolute Gasteiger partial charge is 0.314 e. The molecule has 1 heteroatoms. The SMILES string of the molecule is C=CCC(C(=C)/C=C\C)[C@H](C)NCCC. The third kappa shape index (κ3) is 5.58. The highest BCUT2D eigenvalue weighted by molar-refractivity contribution is 5.19. The van der Waals surface area contributed by atoms with E-state index in [1.165, 1.54) is 12.0 Å². The van der Waals surface area contributed by atoms with Crippen LogP contribution in [0.1, 0.15) is 33.6 Å². The maximum Gasteiger partial charge on any atom is 0.0110 e. The minimum atomic E-state index is 0.463. The van der Waals surface area contributed by atoms with E-state index in [1.54, 1.807) is 0 Å². The predicted octanol–water partition coefficient (Wildman–Crippen LogP) is 3.70. The Labute approximate surface area is 95.0 Å². The first-order valence-electron chi connectivity index (χ1n) is 5.83. The molecule has 1 unspecified atom stereocenters. The van der Waals surface area contributed by atoms with Crippen LogP contribution in [0.25, 0.3) is 0 Å². The van der Waals surface area contributed by atoms with Crippen LogP contribution in [-0.4, -0.2) is 12.6 Å². The number of hydrogen-bond donors (Lipinski definition) is 1. The van der Waals surface area contributed by atoms with Gasteiger partial charge < -0.3 is 5.32 Å². The second kappa shape index (κ2) is 8.49. The van der Waals surface area contributed by atoms with Gasteiger partial charge >= 0.3 is 0 Å². The van der Waals surface area contributed by atoms with Crippen LogP contribution in [0.5, 0.6) is 0 Å². The molecular weight excluding hydrogens is 182 g/mol. The second-order valence-corrected chi connectivity index (χ2v) is 3.95. The summed E-state index contributed by atoms with van der Waals surface area (Å²) in [5, 5.41) is 3.51. The molecule has 0 aliphatic carbocycles. The quantitative estimate of drug-likeness (QED) is 0.473. The van der Waals surface area contributed by atoms with Gasteiger partial charge in [0.2, 0.25) is 0 Å². The molecule has 0 aromatic rings. The highest BCUT2D eigenvalue weighted by Crippen LogP contribution is 2.19. The minimum Gasteiger partial charge on any atom is -0.314 e. The highest BCUT2D eigenvalue weighted by Gasteiger charge is 2.16. The lowest BCUT2D eigenvalue weighted by Crippen LogP contribution is -2.34. The molecule has 1 nitrogen and oxygen atoms in total. The van der Waals surface area contributed by atoms with Gasteiger partial charge in [0.25, 0.3) is 0 Å². The Bertz CT molecular complexity index is 215. The lowest BCUT2D eigenvalue weighted by atomic mass is 9.89. The molecule has 86 valence electrons. The van der Waals surface area contributed by atoms with E-state index in [1.807, 2.05) is 19.1 Å². The van der Waals surface area contributed by atoms with Crippen molar-refractivity contribution in [2.75, 3.05) is 6.54 Å². The summed E-state index contributed by atoms with van der Waals surface area (Å²) in [7, 11) is 0. The maximum absolute atomic E-state index is 4.12. The molecule has 0 aliphatic rings. The molecule has 0 amide bonds. The summed E-state index contributed by atoms with van der Waals surface area (Å²) in [5.41, 5.74) is 1.19. The number of rotatable bonds is 8. The molecule has 0 heterocycles. The van der Waals surface area contributed by atoms with Crippen LogP contribution < -0.4 is 5.32 Å². The summed E-state index contributed by atoms with van der Waals surface area (Å²) in [6.45, 7) is 15.4. The van der Waals surface area contributed by atoms with Gasteiger partial charge in [-0.2, -0.15) is 0 Å². The van der Waals surface area contributed by atoms with Gasteiger partial charge in [-0.3, -0.25) is 0 Å². The zero-order valence-electron chi connectivity index (χ0n) is 10.4. The van der Waals surface area contributed by atoms with Crippen molar-refractivity contribution in [2.24, 2.45) is 5.92 Å². The van der Waals surface area contributed by atoms with Crippen molar-refractivity contribution < 1.29 is 0 Å². The van der Waals surface area contributed by atoms with Crippen molar-refractivity contribution in [3.63, 3.8) is 0 Å². The molecule has 0 rings (SSSR count). The van der Waals surface area contributed by atoms with Crippen LogP contribution in [0.2, 0.25) is 0 Å². The highest BCUT2D eigenvalue weighted by atomic mass is 14.9. The lowest BCUT2D eigenvalue weighted by Gasteiger charge is -2.24. The van der Waals surface area contributed by atoms with Gasteiger partial charge in [0, 0.05) is 12.0 Å². The standard InChI is InChI=1S/C14H25N/c1-6-9-12(4)14(10-7-2)13(5)15-11-8-3/h6-7,9,13-15H,2,4,8,10-11H2,1,3,5H3/b9-6-/t13-,14?/m0/s1. The molecule has 0 saturated heterocycles. The van der Waals surface area contributed by atoms with Gasteiger partial charge in [0.05, 0.1) is 0 Å². The van der Waals surface area contributed by atoms with E-state index in [-0.39, 0.29) is 0 Å². The zero-order chi connectivity index (χ0) is 11.7. The van der Waals surface area contributed by atoms with E-state index in [0.29, 0.717) is 12.0 Å². The average Bonchev–Trinajstić information content (AvgIpc) is 2.22. The molecule has 0 aromatic heterocycles. The van der Waals surface area contributed by atoms with Gasteiger partial charge in [-0.15, -0.1) is 6.58 Å². The van der Waals surface area contributed by atoms with Gasteiger partial charge in [0.1, 0.15) is 0 Å². The maximum atomic E-state index is 4.12. The van der Waals surface area contributed by atoms with Crippen molar-refractivity contribution in [1.29, 1.82) is 0 Å². The Kier molecular flexibility index (Phi) is 8.02. The topological polar surface area (TPSA) is 12.0 Å². The molecule has 0 spiro atoms. The van der Waals surface area contributed by atoms with E-state index in [2.05, 4.69) is 38.4 Å². The van der Waals surface area contributed by atoms with Crippen LogP contribution in [0.3, 0.4) is 0 Å². The minimum absolute atomic E-state index is 0.463. The summed E-state index contributed by atoms with van der Waals surface area (Å²) in [5.74, 6) is 0.463. The fraction of sp³-hybridized carbons (Fsp3) is 0.571. The molecule has 0 aromatic carbocycles. The monoisotopic (exact) mass is 207 g/mol. The molecule has 0 saturated carbocycles. The molecule has 15 heavy (non-hydrogen) atoms. The van der Waals surface area contributed by atoms with Crippen LogP contribution in [-0.2, 0) is 0 Å². The van der Waals surface area contributed by atoms with Crippen molar-refractivity contribution in [2.45, 2.75) is 39.7 Å². The van der Waals surface area contributed by atoms with Crippen LogP contribution in [0.15, 0.2) is 37.0 Å². The number of allylic oxidation sites excluding steroid dienone is 3.